The first-order valence-electron chi connectivity index (χ1n) is 6.13. The number of nitrogens with zero attached hydrogens (tertiary/aromatic N) is 1. The molecule has 0 aliphatic carbocycles. The van der Waals surface area contributed by atoms with Crippen LogP contribution in [0.5, 0.6) is 0 Å². The van der Waals surface area contributed by atoms with Crippen molar-refractivity contribution in [1.29, 1.82) is 0 Å². The Balaban J connectivity index is 2.24. The normalized spacial score (nSPS) is 13.3. The molecule has 0 aromatic carbocycles. The Bertz CT molecular complexity index is 556. The predicted octanol–water partition coefficient (Wildman–Crippen LogP) is 2.43. The van der Waals surface area contributed by atoms with Gasteiger partial charge in [-0.25, -0.2) is 0 Å². The maximum absolute atomic E-state index is 12.3. The predicted molar refractivity (Wildman–Crippen MR) is 76.9 cm³/mol. The zero-order chi connectivity index (χ0) is 14.0. The summed E-state index contributed by atoms with van der Waals surface area (Å²) in [5.74, 6) is -0.162. The topological polar surface area (TPSA) is 54.3 Å². The third kappa shape index (κ3) is 2.88. The third-order valence-electron chi connectivity index (χ3n) is 3.21. The maximum Gasteiger partial charge on any atom is 0.264 e. The summed E-state index contributed by atoms with van der Waals surface area (Å²) in [6.45, 7) is 5.28. The van der Waals surface area contributed by atoms with Crippen LogP contribution in [0.4, 0.5) is 0 Å². The van der Waals surface area contributed by atoms with Gasteiger partial charge in [-0.05, 0) is 44.4 Å². The fraction of sp³-hybridized carbons (Fsp3) is 0.357. The largest absolute Gasteiger partial charge is 0.391 e. The van der Waals surface area contributed by atoms with E-state index in [0.29, 0.717) is 4.88 Å². The molecule has 2 aromatic heterocycles. The van der Waals surface area contributed by atoms with E-state index < -0.39 is 11.6 Å². The molecule has 2 heterocycles. The van der Waals surface area contributed by atoms with E-state index in [2.05, 4.69) is 5.32 Å². The molecule has 1 unspecified atom stereocenters. The summed E-state index contributed by atoms with van der Waals surface area (Å²) < 4.78 is 1.90. The molecule has 19 heavy (non-hydrogen) atoms. The summed E-state index contributed by atoms with van der Waals surface area (Å²) >= 11 is 1.39. The number of hydrogen-bond acceptors (Lipinski definition) is 3. The number of aliphatic hydroxyl groups is 1. The van der Waals surface area contributed by atoms with Crippen LogP contribution in [0.3, 0.4) is 0 Å². The monoisotopic (exact) mass is 278 g/mol. The van der Waals surface area contributed by atoms with E-state index in [4.69, 9.17) is 0 Å². The van der Waals surface area contributed by atoms with Gasteiger partial charge in [0, 0.05) is 12.4 Å². The Morgan fingerprint density at radius 1 is 1.42 bits per heavy atom. The minimum absolute atomic E-state index is 0.162. The van der Waals surface area contributed by atoms with Crippen molar-refractivity contribution in [3.05, 3.63) is 40.8 Å². The number of amides is 1. The molecule has 0 spiro atoms. The van der Waals surface area contributed by atoms with Crippen LogP contribution in [0.25, 0.3) is 5.69 Å². The molecule has 2 N–H and O–H groups in total. The maximum atomic E-state index is 12.3. The van der Waals surface area contributed by atoms with E-state index in [1.54, 1.807) is 20.8 Å². The zero-order valence-electron chi connectivity index (χ0n) is 11.3. The first-order chi connectivity index (χ1) is 8.92. The standard InChI is InChI=1S/C14H18N2O2S/c1-10(17)14(2,3)15-13(18)12-11(6-9-19-12)16-7-4-5-8-16/h4-10,17H,1-3H3,(H,15,18). The summed E-state index contributed by atoms with van der Waals surface area (Å²) in [5, 5.41) is 14.4. The quantitative estimate of drug-likeness (QED) is 0.902. The highest BCUT2D eigenvalue weighted by atomic mass is 32.1. The Kier molecular flexibility index (Phi) is 3.78. The van der Waals surface area contributed by atoms with Gasteiger partial charge in [0.2, 0.25) is 0 Å². The van der Waals surface area contributed by atoms with Crippen LogP contribution in [0.1, 0.15) is 30.4 Å². The molecule has 5 heteroatoms. The molecule has 2 aromatic rings. The lowest BCUT2D eigenvalue weighted by Crippen LogP contribution is -2.50. The molecule has 1 amide bonds. The van der Waals surface area contributed by atoms with Crippen molar-refractivity contribution in [2.24, 2.45) is 0 Å². The van der Waals surface area contributed by atoms with Gasteiger partial charge in [-0.15, -0.1) is 11.3 Å². The second-order valence-corrected chi connectivity index (χ2v) is 5.99. The molecular formula is C14H18N2O2S. The van der Waals surface area contributed by atoms with Crippen LogP contribution >= 0.6 is 11.3 Å². The number of hydrogen-bond donors (Lipinski definition) is 2. The molecule has 1 atom stereocenters. The second-order valence-electron chi connectivity index (χ2n) is 5.08. The van der Waals surface area contributed by atoms with Gasteiger partial charge in [0.1, 0.15) is 4.88 Å². The van der Waals surface area contributed by atoms with Crippen LogP contribution in [0.15, 0.2) is 36.0 Å². The Hall–Kier alpha value is -1.59. The van der Waals surface area contributed by atoms with Gasteiger partial charge in [-0.2, -0.15) is 0 Å². The number of rotatable bonds is 4. The number of nitrogens with one attached hydrogen (secondary N) is 1. The summed E-state index contributed by atoms with van der Waals surface area (Å²) in [6, 6.07) is 5.74. The van der Waals surface area contributed by atoms with Gasteiger partial charge in [0.05, 0.1) is 17.3 Å². The molecule has 102 valence electrons. The summed E-state index contributed by atoms with van der Waals surface area (Å²) in [7, 11) is 0. The highest BCUT2D eigenvalue weighted by Crippen LogP contribution is 2.22. The van der Waals surface area contributed by atoms with Gasteiger partial charge in [-0.3, -0.25) is 4.79 Å². The van der Waals surface area contributed by atoms with Crippen LogP contribution in [-0.4, -0.2) is 27.2 Å². The van der Waals surface area contributed by atoms with E-state index in [9.17, 15) is 9.90 Å². The average Bonchev–Trinajstić information content (AvgIpc) is 2.99. The lowest BCUT2D eigenvalue weighted by Gasteiger charge is -2.29. The number of carbonyl (C=O) groups is 1. The van der Waals surface area contributed by atoms with Crippen molar-refractivity contribution in [3.63, 3.8) is 0 Å². The summed E-state index contributed by atoms with van der Waals surface area (Å²) in [5.41, 5.74) is 0.198. The average molecular weight is 278 g/mol. The molecule has 0 aliphatic heterocycles. The molecule has 0 bridgehead atoms. The van der Waals surface area contributed by atoms with E-state index in [1.807, 2.05) is 40.5 Å². The third-order valence-corrected chi connectivity index (χ3v) is 4.12. The molecule has 0 saturated heterocycles. The molecular weight excluding hydrogens is 260 g/mol. The van der Waals surface area contributed by atoms with Crippen molar-refractivity contribution in [1.82, 2.24) is 9.88 Å². The van der Waals surface area contributed by atoms with E-state index >= 15 is 0 Å². The number of thiophene rings is 1. The molecule has 0 fully saturated rings. The van der Waals surface area contributed by atoms with E-state index in [1.165, 1.54) is 11.3 Å². The zero-order valence-corrected chi connectivity index (χ0v) is 12.1. The van der Waals surface area contributed by atoms with E-state index in [-0.39, 0.29) is 5.91 Å². The van der Waals surface area contributed by atoms with Crippen molar-refractivity contribution in [2.45, 2.75) is 32.4 Å². The first kappa shape index (κ1) is 13.8. The van der Waals surface area contributed by atoms with Gasteiger partial charge in [0.25, 0.3) is 5.91 Å². The lowest BCUT2D eigenvalue weighted by atomic mass is 9.99. The number of carbonyl (C=O) groups excluding carboxylic acids is 1. The van der Waals surface area contributed by atoms with Gasteiger partial charge in [0.15, 0.2) is 0 Å². The lowest BCUT2D eigenvalue weighted by molar-refractivity contribution is 0.0712. The highest BCUT2D eigenvalue weighted by Gasteiger charge is 2.28. The number of aromatic nitrogens is 1. The van der Waals surface area contributed by atoms with Crippen LogP contribution < -0.4 is 5.32 Å². The summed E-state index contributed by atoms with van der Waals surface area (Å²) in [6.07, 6.45) is 3.18. The molecule has 0 saturated carbocycles. The minimum Gasteiger partial charge on any atom is -0.391 e. The Morgan fingerprint density at radius 2 is 2.05 bits per heavy atom. The molecule has 0 aliphatic rings. The minimum atomic E-state index is -0.658. The fourth-order valence-electron chi connectivity index (χ4n) is 1.62. The van der Waals surface area contributed by atoms with Crippen LogP contribution in [0.2, 0.25) is 0 Å². The van der Waals surface area contributed by atoms with Crippen molar-refractivity contribution >= 4 is 17.2 Å². The van der Waals surface area contributed by atoms with Gasteiger partial charge < -0.3 is 15.0 Å². The second kappa shape index (κ2) is 5.19. The van der Waals surface area contributed by atoms with Crippen molar-refractivity contribution in [2.75, 3.05) is 0 Å². The Labute approximate surface area is 116 Å². The first-order valence-corrected chi connectivity index (χ1v) is 7.01. The van der Waals surface area contributed by atoms with Gasteiger partial charge in [-0.1, -0.05) is 0 Å². The molecule has 0 radical (unpaired) electrons. The Morgan fingerprint density at radius 3 is 2.63 bits per heavy atom. The fourth-order valence-corrected chi connectivity index (χ4v) is 2.41. The van der Waals surface area contributed by atoms with Crippen molar-refractivity contribution < 1.29 is 9.90 Å². The molecule has 4 nitrogen and oxygen atoms in total. The van der Waals surface area contributed by atoms with Crippen LogP contribution in [-0.2, 0) is 0 Å². The molecule has 2 rings (SSSR count). The van der Waals surface area contributed by atoms with E-state index in [0.717, 1.165) is 5.69 Å². The van der Waals surface area contributed by atoms with Crippen molar-refractivity contribution in [3.8, 4) is 5.69 Å². The smallest absolute Gasteiger partial charge is 0.264 e. The SMILES string of the molecule is CC(O)C(C)(C)NC(=O)c1sccc1-n1cccc1. The number of aliphatic hydroxyl groups excluding tert-OH is 1. The summed E-state index contributed by atoms with van der Waals surface area (Å²) in [4.78, 5) is 13.0. The van der Waals surface area contributed by atoms with Crippen LogP contribution in [0, 0.1) is 0 Å². The highest BCUT2D eigenvalue weighted by molar-refractivity contribution is 7.12. The van der Waals surface area contributed by atoms with Gasteiger partial charge >= 0.3 is 0 Å².